The minimum atomic E-state index is 0.608. The predicted octanol–water partition coefficient (Wildman–Crippen LogP) is 2.38. The van der Waals surface area contributed by atoms with Crippen LogP contribution < -0.4 is 5.32 Å². The highest BCUT2D eigenvalue weighted by Crippen LogP contribution is 2.14. The number of nitrogens with zero attached hydrogens (tertiary/aromatic N) is 1. The van der Waals surface area contributed by atoms with Crippen molar-refractivity contribution >= 4 is 0 Å². The molecule has 0 spiro atoms. The quantitative estimate of drug-likeness (QED) is 0.831. The molecule has 86 valence electrons. The number of benzene rings is 1. The van der Waals surface area contributed by atoms with Gasteiger partial charge in [0.1, 0.15) is 0 Å². The molecule has 1 heterocycles. The van der Waals surface area contributed by atoms with Gasteiger partial charge in [-0.15, -0.1) is 0 Å². The van der Waals surface area contributed by atoms with E-state index in [4.69, 9.17) is 0 Å². The van der Waals surface area contributed by atoms with Gasteiger partial charge in [0, 0.05) is 31.4 Å². The molecule has 2 nitrogen and oxygen atoms in total. The highest BCUT2D eigenvalue weighted by Gasteiger charge is 2.20. The van der Waals surface area contributed by atoms with E-state index in [0.29, 0.717) is 6.04 Å². The van der Waals surface area contributed by atoms with Gasteiger partial charge in [-0.25, -0.2) is 0 Å². The molecule has 0 saturated carbocycles. The van der Waals surface area contributed by atoms with E-state index in [9.17, 15) is 0 Å². The maximum absolute atomic E-state index is 3.99. The van der Waals surface area contributed by atoms with Gasteiger partial charge < -0.3 is 10.2 Å². The summed E-state index contributed by atoms with van der Waals surface area (Å²) in [4.78, 5) is 2.35. The summed E-state index contributed by atoms with van der Waals surface area (Å²) in [7, 11) is 0. The van der Waals surface area contributed by atoms with E-state index >= 15 is 0 Å². The van der Waals surface area contributed by atoms with Crippen LogP contribution in [0.25, 0.3) is 0 Å². The molecule has 1 saturated heterocycles. The van der Waals surface area contributed by atoms with Gasteiger partial charge in [-0.1, -0.05) is 36.9 Å². The standard InChI is InChI=1S/C14H20N2/c1-12(2)16-9-8-14(11-16)15-10-13-6-4-3-5-7-13/h3-7,14-15H,1,8-11H2,2H3. The summed E-state index contributed by atoms with van der Waals surface area (Å²) >= 11 is 0. The second kappa shape index (κ2) is 5.17. The van der Waals surface area contributed by atoms with Crippen LogP contribution in [0.1, 0.15) is 18.9 Å². The monoisotopic (exact) mass is 216 g/mol. The molecule has 16 heavy (non-hydrogen) atoms. The summed E-state index contributed by atoms with van der Waals surface area (Å²) in [5.41, 5.74) is 2.54. The molecule has 1 aromatic rings. The van der Waals surface area contributed by atoms with E-state index in [1.54, 1.807) is 0 Å². The van der Waals surface area contributed by atoms with Crippen molar-refractivity contribution in [3.63, 3.8) is 0 Å². The van der Waals surface area contributed by atoms with E-state index in [1.165, 1.54) is 17.7 Å². The van der Waals surface area contributed by atoms with E-state index in [-0.39, 0.29) is 0 Å². The largest absolute Gasteiger partial charge is 0.374 e. The maximum atomic E-state index is 3.99. The number of allylic oxidation sites excluding steroid dienone is 1. The van der Waals surface area contributed by atoms with Crippen LogP contribution in [0.3, 0.4) is 0 Å². The Morgan fingerprint density at radius 1 is 1.44 bits per heavy atom. The van der Waals surface area contributed by atoms with Gasteiger partial charge >= 0.3 is 0 Å². The third-order valence-electron chi connectivity index (χ3n) is 3.17. The highest BCUT2D eigenvalue weighted by atomic mass is 15.2. The van der Waals surface area contributed by atoms with E-state index in [0.717, 1.165) is 19.6 Å². The lowest BCUT2D eigenvalue weighted by atomic mass is 10.2. The Balaban J connectivity index is 1.78. The van der Waals surface area contributed by atoms with Crippen LogP contribution in [0.5, 0.6) is 0 Å². The molecule has 1 aliphatic heterocycles. The van der Waals surface area contributed by atoms with Gasteiger partial charge in [-0.05, 0) is 18.9 Å². The van der Waals surface area contributed by atoms with Gasteiger partial charge in [0.15, 0.2) is 0 Å². The van der Waals surface area contributed by atoms with Crippen molar-refractivity contribution in [1.82, 2.24) is 10.2 Å². The van der Waals surface area contributed by atoms with Gasteiger partial charge in [0.25, 0.3) is 0 Å². The lowest BCUT2D eigenvalue weighted by molar-refractivity contribution is 0.408. The first kappa shape index (κ1) is 11.2. The lowest BCUT2D eigenvalue weighted by Crippen LogP contribution is -2.31. The van der Waals surface area contributed by atoms with Gasteiger partial charge in [-0.2, -0.15) is 0 Å². The molecule has 1 aromatic carbocycles. The molecule has 1 fully saturated rings. The van der Waals surface area contributed by atoms with Gasteiger partial charge in [0.05, 0.1) is 0 Å². The Kier molecular flexibility index (Phi) is 3.62. The normalized spacial score (nSPS) is 20.1. The number of hydrogen-bond donors (Lipinski definition) is 1. The fourth-order valence-corrected chi connectivity index (χ4v) is 2.13. The molecule has 1 aliphatic rings. The van der Waals surface area contributed by atoms with Crippen molar-refractivity contribution in [2.24, 2.45) is 0 Å². The first-order valence-electron chi connectivity index (χ1n) is 5.93. The van der Waals surface area contributed by atoms with Crippen LogP contribution in [-0.4, -0.2) is 24.0 Å². The zero-order chi connectivity index (χ0) is 11.4. The van der Waals surface area contributed by atoms with Gasteiger partial charge in [0.2, 0.25) is 0 Å². The molecule has 0 aliphatic carbocycles. The Morgan fingerprint density at radius 2 is 2.19 bits per heavy atom. The topological polar surface area (TPSA) is 15.3 Å². The second-order valence-electron chi connectivity index (χ2n) is 4.53. The Labute approximate surface area is 98.0 Å². The van der Waals surface area contributed by atoms with E-state index in [1.807, 2.05) is 0 Å². The summed E-state index contributed by atoms with van der Waals surface area (Å²) in [6.45, 7) is 9.28. The van der Waals surface area contributed by atoms with Crippen molar-refractivity contribution in [2.45, 2.75) is 25.9 Å². The van der Waals surface area contributed by atoms with Crippen LogP contribution in [0.15, 0.2) is 42.6 Å². The summed E-state index contributed by atoms with van der Waals surface area (Å²) in [6, 6.07) is 11.2. The minimum absolute atomic E-state index is 0.608. The summed E-state index contributed by atoms with van der Waals surface area (Å²) in [6.07, 6.45) is 1.22. The third kappa shape index (κ3) is 2.86. The fourth-order valence-electron chi connectivity index (χ4n) is 2.13. The Hall–Kier alpha value is -1.28. The molecule has 0 amide bonds. The van der Waals surface area contributed by atoms with Crippen LogP contribution in [-0.2, 0) is 6.54 Å². The average molecular weight is 216 g/mol. The molecule has 1 atom stereocenters. The maximum Gasteiger partial charge on any atom is 0.0329 e. The first-order chi connectivity index (χ1) is 7.75. The molecule has 2 rings (SSSR count). The fraction of sp³-hybridized carbons (Fsp3) is 0.429. The van der Waals surface area contributed by atoms with Crippen molar-refractivity contribution in [2.75, 3.05) is 13.1 Å². The van der Waals surface area contributed by atoms with E-state index < -0.39 is 0 Å². The van der Waals surface area contributed by atoms with Crippen molar-refractivity contribution in [1.29, 1.82) is 0 Å². The number of nitrogens with one attached hydrogen (secondary N) is 1. The van der Waals surface area contributed by atoms with Crippen LogP contribution in [0.4, 0.5) is 0 Å². The van der Waals surface area contributed by atoms with Crippen molar-refractivity contribution in [3.8, 4) is 0 Å². The molecule has 1 unspecified atom stereocenters. The summed E-state index contributed by atoms with van der Waals surface area (Å²) in [5.74, 6) is 0. The van der Waals surface area contributed by atoms with Crippen molar-refractivity contribution in [3.05, 3.63) is 48.2 Å². The molecule has 0 bridgehead atoms. The van der Waals surface area contributed by atoms with Crippen LogP contribution >= 0.6 is 0 Å². The predicted molar refractivity (Wildman–Crippen MR) is 68.1 cm³/mol. The second-order valence-corrected chi connectivity index (χ2v) is 4.53. The number of hydrogen-bond acceptors (Lipinski definition) is 2. The van der Waals surface area contributed by atoms with Crippen LogP contribution in [0, 0.1) is 0 Å². The molecular formula is C14H20N2. The minimum Gasteiger partial charge on any atom is -0.374 e. The summed E-state index contributed by atoms with van der Waals surface area (Å²) in [5, 5.41) is 3.60. The molecule has 0 radical (unpaired) electrons. The smallest absolute Gasteiger partial charge is 0.0329 e. The third-order valence-corrected chi connectivity index (χ3v) is 3.17. The SMILES string of the molecule is C=C(C)N1CCC(NCc2ccccc2)C1. The molecule has 0 aromatic heterocycles. The van der Waals surface area contributed by atoms with Crippen molar-refractivity contribution < 1.29 is 0 Å². The number of rotatable bonds is 4. The molecule has 2 heteroatoms. The Bertz CT molecular complexity index is 345. The van der Waals surface area contributed by atoms with Crippen LogP contribution in [0.2, 0.25) is 0 Å². The van der Waals surface area contributed by atoms with E-state index in [2.05, 4.69) is 54.1 Å². The zero-order valence-electron chi connectivity index (χ0n) is 9.95. The molecular weight excluding hydrogens is 196 g/mol. The number of likely N-dealkylation sites (tertiary alicyclic amines) is 1. The summed E-state index contributed by atoms with van der Waals surface area (Å²) < 4.78 is 0. The Morgan fingerprint density at radius 3 is 2.81 bits per heavy atom. The zero-order valence-corrected chi connectivity index (χ0v) is 9.95. The lowest BCUT2D eigenvalue weighted by Gasteiger charge is -2.18. The molecule has 1 N–H and O–H groups in total. The average Bonchev–Trinajstić information content (AvgIpc) is 2.76. The highest BCUT2D eigenvalue weighted by molar-refractivity contribution is 5.14. The van der Waals surface area contributed by atoms with Gasteiger partial charge in [-0.3, -0.25) is 0 Å². The first-order valence-corrected chi connectivity index (χ1v) is 5.93.